The van der Waals surface area contributed by atoms with E-state index in [1.165, 1.54) is 0 Å². The SMILES string of the molecule is COc1ccccc1OCc1nc(C(=O)O)c2c(C)cccn12. The summed E-state index contributed by atoms with van der Waals surface area (Å²) in [5.74, 6) is 0.659. The molecule has 0 unspecified atom stereocenters. The highest BCUT2D eigenvalue weighted by Gasteiger charge is 2.18. The van der Waals surface area contributed by atoms with Gasteiger partial charge in [0.2, 0.25) is 0 Å². The minimum absolute atomic E-state index is 0.0294. The molecule has 6 nitrogen and oxygen atoms in total. The third-order valence-electron chi connectivity index (χ3n) is 3.57. The molecule has 0 bridgehead atoms. The Morgan fingerprint density at radius 3 is 2.65 bits per heavy atom. The molecule has 0 amide bonds. The number of aryl methyl sites for hydroxylation is 1. The van der Waals surface area contributed by atoms with Crippen molar-refractivity contribution in [3.63, 3.8) is 0 Å². The van der Waals surface area contributed by atoms with Gasteiger partial charge in [-0.2, -0.15) is 0 Å². The van der Waals surface area contributed by atoms with Crippen molar-refractivity contribution in [2.45, 2.75) is 13.5 Å². The van der Waals surface area contributed by atoms with Crippen LogP contribution in [0.4, 0.5) is 0 Å². The minimum Gasteiger partial charge on any atom is -0.493 e. The molecule has 2 heterocycles. The van der Waals surface area contributed by atoms with Crippen LogP contribution in [0.3, 0.4) is 0 Å². The Hall–Kier alpha value is -3.02. The summed E-state index contributed by atoms with van der Waals surface area (Å²) in [7, 11) is 1.57. The van der Waals surface area contributed by atoms with Crippen LogP contribution in [0.25, 0.3) is 5.52 Å². The van der Waals surface area contributed by atoms with Crippen LogP contribution in [0.2, 0.25) is 0 Å². The van der Waals surface area contributed by atoms with E-state index in [4.69, 9.17) is 9.47 Å². The molecule has 0 fully saturated rings. The van der Waals surface area contributed by atoms with Crippen molar-refractivity contribution in [1.82, 2.24) is 9.38 Å². The molecule has 0 saturated heterocycles. The molecule has 0 saturated carbocycles. The molecule has 6 heteroatoms. The summed E-state index contributed by atoms with van der Waals surface area (Å²) in [6.07, 6.45) is 1.78. The van der Waals surface area contributed by atoms with E-state index in [0.29, 0.717) is 22.8 Å². The summed E-state index contributed by atoms with van der Waals surface area (Å²) in [4.78, 5) is 15.6. The lowest BCUT2D eigenvalue weighted by Crippen LogP contribution is -2.02. The van der Waals surface area contributed by atoms with E-state index < -0.39 is 5.97 Å². The first kappa shape index (κ1) is 14.9. The Bertz CT molecular complexity index is 870. The fourth-order valence-electron chi connectivity index (χ4n) is 2.50. The van der Waals surface area contributed by atoms with Gasteiger partial charge < -0.3 is 14.6 Å². The summed E-state index contributed by atoms with van der Waals surface area (Å²) in [6, 6.07) is 11.0. The molecule has 0 aliphatic carbocycles. The molecule has 2 aromatic heterocycles. The van der Waals surface area contributed by atoms with Gasteiger partial charge in [-0.25, -0.2) is 9.78 Å². The van der Waals surface area contributed by atoms with E-state index in [0.717, 1.165) is 5.56 Å². The standard InChI is InChI=1S/C17H16N2O4/c1-11-6-5-9-19-14(18-15(16(11)19)17(20)21)10-23-13-8-4-3-7-12(13)22-2/h3-9H,10H2,1-2H3,(H,20,21). The number of methoxy groups -OCH3 is 1. The second kappa shape index (κ2) is 6.00. The molecule has 0 aliphatic heterocycles. The van der Waals surface area contributed by atoms with Crippen LogP contribution >= 0.6 is 0 Å². The number of carbonyl (C=O) groups is 1. The van der Waals surface area contributed by atoms with E-state index in [1.807, 2.05) is 31.2 Å². The molecular weight excluding hydrogens is 296 g/mol. The number of fused-ring (bicyclic) bond motifs is 1. The number of carboxylic acid groups (broad SMARTS) is 1. The number of para-hydroxylation sites is 2. The normalized spacial score (nSPS) is 10.7. The van der Waals surface area contributed by atoms with Crippen LogP contribution in [0.1, 0.15) is 21.9 Å². The first-order valence-corrected chi connectivity index (χ1v) is 7.07. The predicted octanol–water partition coefficient (Wildman–Crippen LogP) is 2.93. The molecule has 3 rings (SSSR count). The number of hydrogen-bond acceptors (Lipinski definition) is 4. The lowest BCUT2D eigenvalue weighted by Gasteiger charge is -2.09. The molecule has 23 heavy (non-hydrogen) atoms. The van der Waals surface area contributed by atoms with Crippen LogP contribution in [-0.4, -0.2) is 27.6 Å². The maximum atomic E-state index is 11.4. The third kappa shape index (κ3) is 2.70. The maximum Gasteiger partial charge on any atom is 0.356 e. The van der Waals surface area contributed by atoms with Crippen molar-refractivity contribution in [3.05, 3.63) is 59.7 Å². The van der Waals surface area contributed by atoms with Gasteiger partial charge in [0.1, 0.15) is 6.61 Å². The summed E-state index contributed by atoms with van der Waals surface area (Å²) < 4.78 is 12.7. The van der Waals surface area contributed by atoms with E-state index >= 15 is 0 Å². The van der Waals surface area contributed by atoms with Crippen LogP contribution in [0.15, 0.2) is 42.6 Å². The van der Waals surface area contributed by atoms with Crippen molar-refractivity contribution in [2.75, 3.05) is 7.11 Å². The second-order valence-corrected chi connectivity index (χ2v) is 5.03. The number of aromatic carboxylic acids is 1. The van der Waals surface area contributed by atoms with Gasteiger partial charge in [0.15, 0.2) is 23.0 Å². The van der Waals surface area contributed by atoms with E-state index in [2.05, 4.69) is 4.98 Å². The molecule has 118 valence electrons. The number of benzene rings is 1. The Labute approximate surface area is 132 Å². The maximum absolute atomic E-state index is 11.4. The lowest BCUT2D eigenvalue weighted by atomic mass is 10.2. The number of ether oxygens (including phenoxy) is 2. The number of nitrogens with zero attached hydrogens (tertiary/aromatic N) is 2. The number of imidazole rings is 1. The smallest absolute Gasteiger partial charge is 0.356 e. The molecule has 0 radical (unpaired) electrons. The second-order valence-electron chi connectivity index (χ2n) is 5.03. The molecular formula is C17H16N2O4. The summed E-state index contributed by atoms with van der Waals surface area (Å²) in [6.45, 7) is 1.99. The monoisotopic (exact) mass is 312 g/mol. The minimum atomic E-state index is -1.06. The van der Waals surface area contributed by atoms with Gasteiger partial charge in [0.05, 0.1) is 12.6 Å². The fraction of sp³-hybridized carbons (Fsp3) is 0.176. The van der Waals surface area contributed by atoms with Crippen molar-refractivity contribution in [3.8, 4) is 11.5 Å². The van der Waals surface area contributed by atoms with Gasteiger partial charge in [-0.05, 0) is 30.7 Å². The van der Waals surface area contributed by atoms with Crippen molar-refractivity contribution in [2.24, 2.45) is 0 Å². The number of rotatable bonds is 5. The van der Waals surface area contributed by atoms with Gasteiger partial charge in [-0.1, -0.05) is 18.2 Å². The average Bonchev–Trinajstić information content (AvgIpc) is 2.93. The highest BCUT2D eigenvalue weighted by molar-refractivity contribution is 5.94. The number of pyridine rings is 1. The first-order chi connectivity index (χ1) is 11.1. The van der Waals surface area contributed by atoms with Crippen LogP contribution in [0.5, 0.6) is 11.5 Å². The van der Waals surface area contributed by atoms with E-state index in [-0.39, 0.29) is 12.3 Å². The Morgan fingerprint density at radius 2 is 1.96 bits per heavy atom. The molecule has 0 atom stereocenters. The van der Waals surface area contributed by atoms with Crippen LogP contribution in [0, 0.1) is 6.92 Å². The van der Waals surface area contributed by atoms with Crippen molar-refractivity contribution >= 4 is 11.5 Å². The quantitative estimate of drug-likeness (QED) is 0.784. The summed E-state index contributed by atoms with van der Waals surface area (Å²) in [5.41, 5.74) is 1.46. The summed E-state index contributed by atoms with van der Waals surface area (Å²) in [5, 5.41) is 9.35. The number of hydrogen-bond donors (Lipinski definition) is 1. The Morgan fingerprint density at radius 1 is 1.22 bits per heavy atom. The zero-order valence-corrected chi connectivity index (χ0v) is 12.8. The average molecular weight is 312 g/mol. The van der Waals surface area contributed by atoms with Gasteiger partial charge >= 0.3 is 5.97 Å². The van der Waals surface area contributed by atoms with Gasteiger partial charge in [0, 0.05) is 6.20 Å². The highest BCUT2D eigenvalue weighted by atomic mass is 16.5. The van der Waals surface area contributed by atoms with Gasteiger partial charge in [-0.3, -0.25) is 4.40 Å². The summed E-state index contributed by atoms with van der Waals surface area (Å²) >= 11 is 0. The zero-order valence-electron chi connectivity index (χ0n) is 12.8. The van der Waals surface area contributed by atoms with E-state index in [9.17, 15) is 9.90 Å². The number of carboxylic acids is 1. The largest absolute Gasteiger partial charge is 0.493 e. The topological polar surface area (TPSA) is 73.1 Å². The van der Waals surface area contributed by atoms with Crippen LogP contribution < -0.4 is 9.47 Å². The highest BCUT2D eigenvalue weighted by Crippen LogP contribution is 2.27. The number of aromatic nitrogens is 2. The first-order valence-electron chi connectivity index (χ1n) is 7.07. The van der Waals surface area contributed by atoms with Crippen molar-refractivity contribution in [1.29, 1.82) is 0 Å². The van der Waals surface area contributed by atoms with Gasteiger partial charge in [0.25, 0.3) is 0 Å². The fourth-order valence-corrected chi connectivity index (χ4v) is 2.50. The van der Waals surface area contributed by atoms with E-state index in [1.54, 1.807) is 29.8 Å². The Kier molecular flexibility index (Phi) is 3.89. The van der Waals surface area contributed by atoms with Gasteiger partial charge in [-0.15, -0.1) is 0 Å². The Balaban J connectivity index is 1.98. The lowest BCUT2D eigenvalue weighted by molar-refractivity contribution is 0.0693. The van der Waals surface area contributed by atoms with Crippen molar-refractivity contribution < 1.29 is 19.4 Å². The molecule has 3 aromatic rings. The van der Waals surface area contributed by atoms with Crippen LogP contribution in [-0.2, 0) is 6.61 Å². The molecule has 0 spiro atoms. The third-order valence-corrected chi connectivity index (χ3v) is 3.57. The molecule has 0 aliphatic rings. The molecule has 1 aromatic carbocycles. The molecule has 1 N–H and O–H groups in total. The predicted molar refractivity (Wildman–Crippen MR) is 84.2 cm³/mol. The zero-order chi connectivity index (χ0) is 16.4.